The standard InChI is InChI=1S/C37H45ClN4O11S2.C32H42ClN3O9S/c1-5-6-7-8-9-10-11-12-13-14-18-52-36(44)29-22-31(41-35(43)34(53-37(41)45)33-24(2)19-28(42(46)47)20-25(33)3)30(38)23-32(29)55(50,51)40-27-17-15-16-26(21-27)39-54(4,48)49;1-6-7-8-9-10-11-12-13-14-15-16-44-31(38)24-19-26(25(33)20-27(24)46(42,43)34(4)5)35-30(37)29(45-32(35)39)28-21(2)17-23(36(40)41)18-22(28)3/h15-17,19-23,34,39-40H,5-14,18H2,1-4H3;17-20,29H,6-16H2,1-5H3. The van der Waals surface area contributed by atoms with Gasteiger partial charge in [0, 0.05) is 49.5 Å². The smallest absolute Gasteiger partial charge is 0.422 e. The molecule has 2 N–H and O–H groups in total. The Kier molecular flexibility index (Phi) is 30.0. The number of cyclic esters (lactones) is 2. The number of benzene rings is 5. The highest BCUT2D eigenvalue weighted by Gasteiger charge is 2.47. The van der Waals surface area contributed by atoms with Crippen molar-refractivity contribution in [2.45, 2.75) is 192 Å². The first-order valence-electron chi connectivity index (χ1n) is 33.3. The van der Waals surface area contributed by atoms with Crippen molar-refractivity contribution in [1.82, 2.24) is 4.31 Å². The molecule has 5 aromatic carbocycles. The Morgan fingerprint density at radius 2 is 0.861 bits per heavy atom. The lowest BCUT2D eigenvalue weighted by atomic mass is 9.96. The van der Waals surface area contributed by atoms with Crippen LogP contribution in [0.4, 0.5) is 43.7 Å². The zero-order chi connectivity index (χ0) is 74.7. The molecule has 0 bridgehead atoms. The zero-order valence-corrected chi connectivity index (χ0v) is 62.0. The summed E-state index contributed by atoms with van der Waals surface area (Å²) in [6, 6.07) is 14.3. The van der Waals surface area contributed by atoms with Crippen molar-refractivity contribution in [3.63, 3.8) is 0 Å². The lowest BCUT2D eigenvalue weighted by Gasteiger charge is -2.19. The van der Waals surface area contributed by atoms with Crippen molar-refractivity contribution in [1.29, 1.82) is 0 Å². The number of hydrogen-bond acceptors (Lipinski definition) is 20. The maximum absolute atomic E-state index is 13.8. The molecule has 101 heavy (non-hydrogen) atoms. The van der Waals surface area contributed by atoms with Gasteiger partial charge in [0.05, 0.1) is 78.1 Å². The van der Waals surface area contributed by atoms with Gasteiger partial charge in [-0.25, -0.2) is 58.5 Å². The molecule has 32 heteroatoms. The minimum Gasteiger partial charge on any atom is -0.462 e. The molecule has 2 heterocycles. The average molecular weight is 1500 g/mol. The van der Waals surface area contributed by atoms with Gasteiger partial charge in [-0.15, -0.1) is 0 Å². The molecule has 0 aromatic heterocycles. The molecular formula is C69H87Cl2N7O20S3. The topological polar surface area (TPSA) is 362 Å². The number of halogens is 2. The number of aryl methyl sites for hydroxylation is 4. The molecule has 2 atom stereocenters. The quantitative estimate of drug-likeness (QED) is 0.0123. The molecule has 2 unspecified atom stereocenters. The molecule has 7 rings (SSSR count). The van der Waals surface area contributed by atoms with Crippen LogP contribution in [0.3, 0.4) is 0 Å². The number of anilines is 4. The fourth-order valence-corrected chi connectivity index (χ4v) is 15.2. The Labute approximate surface area is 599 Å². The van der Waals surface area contributed by atoms with Gasteiger partial charge in [0.2, 0.25) is 32.3 Å². The van der Waals surface area contributed by atoms with E-state index in [1.807, 2.05) is 0 Å². The van der Waals surface area contributed by atoms with E-state index in [1.165, 1.54) is 141 Å². The van der Waals surface area contributed by atoms with Crippen LogP contribution in [0.1, 0.15) is 209 Å². The largest absolute Gasteiger partial charge is 0.462 e. The Balaban J connectivity index is 0.000000323. The predicted molar refractivity (Wildman–Crippen MR) is 382 cm³/mol. The fourth-order valence-electron chi connectivity index (χ4n) is 11.7. The minimum absolute atomic E-state index is 0.0368. The van der Waals surface area contributed by atoms with Gasteiger partial charge in [-0.3, -0.25) is 39.3 Å². The molecule has 550 valence electrons. The summed E-state index contributed by atoms with van der Waals surface area (Å²) in [5, 5.41) is 21.9. The van der Waals surface area contributed by atoms with Crippen molar-refractivity contribution in [3.05, 3.63) is 148 Å². The van der Waals surface area contributed by atoms with Crippen LogP contribution in [-0.4, -0.2) is 109 Å². The van der Waals surface area contributed by atoms with Crippen molar-refractivity contribution >= 4 is 123 Å². The molecule has 4 amide bonds. The van der Waals surface area contributed by atoms with Crippen molar-refractivity contribution in [3.8, 4) is 0 Å². The minimum atomic E-state index is -4.66. The number of nitrogens with zero attached hydrogens (tertiary/aromatic N) is 5. The van der Waals surface area contributed by atoms with Crippen LogP contribution in [0, 0.1) is 47.9 Å². The highest BCUT2D eigenvalue weighted by Crippen LogP contribution is 2.43. The average Bonchev–Trinajstić information content (AvgIpc) is 1.69. The summed E-state index contributed by atoms with van der Waals surface area (Å²) in [5.74, 6) is -3.81. The van der Waals surface area contributed by atoms with Gasteiger partial charge < -0.3 is 18.9 Å². The molecule has 2 fully saturated rings. The number of unbranched alkanes of at least 4 members (excludes halogenated alkanes) is 18. The lowest BCUT2D eigenvalue weighted by Crippen LogP contribution is -2.31. The third kappa shape index (κ3) is 21.9. The second-order valence-corrected chi connectivity index (χ2v) is 31.3. The number of esters is 2. The highest BCUT2D eigenvalue weighted by atomic mass is 35.5. The molecule has 0 radical (unpaired) electrons. The third-order valence-electron chi connectivity index (χ3n) is 16.7. The number of sulfonamides is 3. The van der Waals surface area contributed by atoms with Crippen molar-refractivity contribution in [2.24, 2.45) is 0 Å². The Hall–Kier alpha value is -8.29. The lowest BCUT2D eigenvalue weighted by molar-refractivity contribution is -0.385. The first-order chi connectivity index (χ1) is 47.6. The summed E-state index contributed by atoms with van der Waals surface area (Å²) in [4.78, 5) is 102. The molecule has 0 spiro atoms. The molecular weight excluding hydrogens is 1410 g/mol. The Morgan fingerprint density at radius 3 is 1.21 bits per heavy atom. The zero-order valence-electron chi connectivity index (χ0n) is 58.0. The number of ether oxygens (including phenoxy) is 4. The van der Waals surface area contributed by atoms with E-state index in [0.717, 1.165) is 86.2 Å². The number of imide groups is 2. The van der Waals surface area contributed by atoms with Gasteiger partial charge in [0.15, 0.2) is 0 Å². The summed E-state index contributed by atoms with van der Waals surface area (Å²) >= 11 is 13.0. The van der Waals surface area contributed by atoms with Crippen LogP contribution in [0.15, 0.2) is 82.6 Å². The number of amides is 4. The van der Waals surface area contributed by atoms with Crippen LogP contribution in [-0.2, 0) is 58.6 Å². The summed E-state index contributed by atoms with van der Waals surface area (Å²) in [6.45, 7) is 10.5. The number of nitro benzene ring substituents is 2. The number of nitro groups is 2. The number of nitrogens with one attached hydrogen (secondary N) is 2. The molecule has 0 saturated carbocycles. The van der Waals surface area contributed by atoms with E-state index in [1.54, 1.807) is 13.8 Å². The van der Waals surface area contributed by atoms with E-state index in [4.69, 9.17) is 42.1 Å². The van der Waals surface area contributed by atoms with Crippen molar-refractivity contribution in [2.75, 3.05) is 52.8 Å². The predicted octanol–water partition coefficient (Wildman–Crippen LogP) is 15.8. The Morgan fingerprint density at radius 1 is 0.525 bits per heavy atom. The first kappa shape index (κ1) is 81.7. The maximum atomic E-state index is 13.8. The highest BCUT2D eigenvalue weighted by molar-refractivity contribution is 7.93. The molecule has 27 nitrogen and oxygen atoms in total. The number of carbonyl (C=O) groups excluding carboxylic acids is 6. The molecule has 0 aliphatic carbocycles. The van der Waals surface area contributed by atoms with E-state index in [9.17, 15) is 74.2 Å². The van der Waals surface area contributed by atoms with Gasteiger partial charge in [0.1, 0.15) is 4.90 Å². The summed E-state index contributed by atoms with van der Waals surface area (Å²) in [6.07, 6.45) is 16.9. The summed E-state index contributed by atoms with van der Waals surface area (Å²) in [5.41, 5.74) is -0.155. The normalized spacial score (nSPS) is 14.7. The van der Waals surface area contributed by atoms with E-state index in [2.05, 4.69) is 23.3 Å². The Bertz CT molecular complexity index is 4220. The third-order valence-corrected chi connectivity index (χ3v) is 21.2. The van der Waals surface area contributed by atoms with Gasteiger partial charge in [0.25, 0.3) is 33.2 Å². The van der Waals surface area contributed by atoms with Crippen LogP contribution >= 0.6 is 23.2 Å². The van der Waals surface area contributed by atoms with Gasteiger partial charge in [-0.2, -0.15) is 0 Å². The van der Waals surface area contributed by atoms with Crippen LogP contribution in [0.5, 0.6) is 0 Å². The molecule has 2 aliphatic heterocycles. The second kappa shape index (κ2) is 37.1. The van der Waals surface area contributed by atoms with Crippen molar-refractivity contribution < 1.29 is 82.8 Å². The number of hydrogen-bond donors (Lipinski definition) is 2. The monoisotopic (exact) mass is 1500 g/mol. The molecule has 2 saturated heterocycles. The van der Waals surface area contributed by atoms with E-state index in [0.29, 0.717) is 44.9 Å². The second-order valence-electron chi connectivity index (χ2n) is 25.0. The van der Waals surface area contributed by atoms with Crippen LogP contribution < -0.4 is 19.2 Å². The molecule has 5 aromatic rings. The maximum Gasteiger partial charge on any atom is 0.422 e. The SMILES string of the molecule is CCCCCCCCCCCCOC(=O)c1cc(N2C(=O)OC(c3c(C)cc([N+](=O)[O-])cc3C)C2=O)c(Cl)cc1S(=O)(=O)N(C)C.CCCCCCCCCCCCOC(=O)c1cc(N2C(=O)OC(c3c(C)cc([N+](=O)[O-])cc3C)C2=O)c(Cl)cc1S(=O)(=O)Nc1cccc(NS(C)(=O)=O)c1. The summed E-state index contributed by atoms with van der Waals surface area (Å²) < 4.78 is 105. The van der Waals surface area contributed by atoms with E-state index < -0.39 is 114 Å². The van der Waals surface area contributed by atoms with Crippen LogP contribution in [0.25, 0.3) is 0 Å². The van der Waals surface area contributed by atoms with Gasteiger partial charge in [-0.1, -0.05) is 159 Å². The molecule has 2 aliphatic rings. The van der Waals surface area contributed by atoms with Gasteiger partial charge >= 0.3 is 24.1 Å². The number of carbonyl (C=O) groups is 6. The number of rotatable bonds is 37. The van der Waals surface area contributed by atoms with E-state index in [-0.39, 0.29) is 63.5 Å². The van der Waals surface area contributed by atoms with Crippen LogP contribution in [0.2, 0.25) is 10.0 Å². The first-order valence-corrected chi connectivity index (χ1v) is 38.9. The van der Waals surface area contributed by atoms with E-state index >= 15 is 0 Å². The summed E-state index contributed by atoms with van der Waals surface area (Å²) in [7, 11) is -9.97. The number of non-ortho nitro benzene ring substituents is 2. The van der Waals surface area contributed by atoms with Gasteiger partial charge in [-0.05, 0) is 105 Å². The fraction of sp³-hybridized carbons (Fsp3) is 0.478.